The maximum absolute atomic E-state index is 13.6. The fourth-order valence-corrected chi connectivity index (χ4v) is 2.35. The van der Waals surface area contributed by atoms with Gasteiger partial charge in [0.25, 0.3) is 0 Å². The molecular formula is C15H16F4O. The minimum atomic E-state index is -4.87. The van der Waals surface area contributed by atoms with Gasteiger partial charge in [-0.05, 0) is 48.9 Å². The summed E-state index contributed by atoms with van der Waals surface area (Å²) < 4.78 is 53.8. The Balaban J connectivity index is 2.24. The van der Waals surface area contributed by atoms with E-state index < -0.39 is 17.9 Å². The van der Waals surface area contributed by atoms with Crippen LogP contribution in [0.5, 0.6) is 5.75 Å². The summed E-state index contributed by atoms with van der Waals surface area (Å²) >= 11 is 0. The van der Waals surface area contributed by atoms with E-state index in [1.165, 1.54) is 5.57 Å². The normalized spacial score (nSPS) is 14.8. The summed E-state index contributed by atoms with van der Waals surface area (Å²) in [5, 5.41) is 0. The molecule has 0 saturated heterocycles. The lowest BCUT2D eigenvalue weighted by molar-refractivity contribution is -0.275. The van der Waals surface area contributed by atoms with Crippen molar-refractivity contribution in [3.05, 3.63) is 34.6 Å². The van der Waals surface area contributed by atoms with Crippen LogP contribution in [0.25, 0.3) is 6.08 Å². The van der Waals surface area contributed by atoms with E-state index >= 15 is 0 Å². The van der Waals surface area contributed by atoms with Gasteiger partial charge in [-0.25, -0.2) is 4.39 Å². The molecule has 0 aliphatic heterocycles. The molecule has 110 valence electrons. The molecule has 0 amide bonds. The molecule has 1 aromatic carbocycles. The summed E-state index contributed by atoms with van der Waals surface area (Å²) in [5.41, 5.74) is 2.59. The molecule has 20 heavy (non-hydrogen) atoms. The van der Waals surface area contributed by atoms with E-state index in [2.05, 4.69) is 11.7 Å². The number of ether oxygens (including phenoxy) is 1. The molecule has 0 fully saturated rings. The SMILES string of the molecule is CCCCC1=Cc2cc(F)c(OC(F)(F)F)cc2CC1. The molecule has 0 spiro atoms. The predicted molar refractivity (Wildman–Crippen MR) is 68.9 cm³/mol. The van der Waals surface area contributed by atoms with Gasteiger partial charge in [0.2, 0.25) is 0 Å². The molecule has 0 aromatic heterocycles. The van der Waals surface area contributed by atoms with E-state index in [1.807, 2.05) is 6.08 Å². The minimum absolute atomic E-state index is 0.624. The molecular weight excluding hydrogens is 272 g/mol. The van der Waals surface area contributed by atoms with E-state index in [-0.39, 0.29) is 0 Å². The molecule has 5 heteroatoms. The molecule has 1 nitrogen and oxygen atoms in total. The molecule has 1 aliphatic carbocycles. The molecule has 0 heterocycles. The summed E-state index contributed by atoms with van der Waals surface area (Å²) in [4.78, 5) is 0. The Kier molecular flexibility index (Phi) is 4.35. The van der Waals surface area contributed by atoms with E-state index in [0.29, 0.717) is 17.5 Å². The molecule has 0 bridgehead atoms. The highest BCUT2D eigenvalue weighted by atomic mass is 19.4. The third kappa shape index (κ3) is 3.74. The van der Waals surface area contributed by atoms with Crippen molar-refractivity contribution in [1.82, 2.24) is 0 Å². The van der Waals surface area contributed by atoms with Crippen molar-refractivity contribution in [2.24, 2.45) is 0 Å². The van der Waals surface area contributed by atoms with E-state index in [9.17, 15) is 17.6 Å². The van der Waals surface area contributed by atoms with Crippen molar-refractivity contribution in [2.45, 2.75) is 45.4 Å². The fourth-order valence-electron chi connectivity index (χ4n) is 2.35. The minimum Gasteiger partial charge on any atom is -0.403 e. The molecule has 0 saturated carbocycles. The number of hydrogen-bond donors (Lipinski definition) is 0. The standard InChI is InChI=1S/C15H16F4O/c1-2-3-4-10-5-6-11-9-14(20-15(17,18)19)13(16)8-12(11)7-10/h7-9H,2-6H2,1H3. The van der Waals surface area contributed by atoms with Crippen LogP contribution in [0.2, 0.25) is 0 Å². The Hall–Kier alpha value is -1.52. The van der Waals surface area contributed by atoms with Crippen LogP contribution < -0.4 is 4.74 Å². The third-order valence-electron chi connectivity index (χ3n) is 3.35. The molecule has 2 rings (SSSR count). The lowest BCUT2D eigenvalue weighted by Crippen LogP contribution is -2.18. The number of alkyl halides is 3. The number of fused-ring (bicyclic) bond motifs is 1. The van der Waals surface area contributed by atoms with E-state index in [1.54, 1.807) is 0 Å². The Bertz CT molecular complexity index is 517. The first kappa shape index (κ1) is 14.9. The lowest BCUT2D eigenvalue weighted by Gasteiger charge is -2.18. The van der Waals surface area contributed by atoms with Gasteiger partial charge in [0, 0.05) is 0 Å². The molecule has 1 aromatic rings. The van der Waals surface area contributed by atoms with Gasteiger partial charge in [-0.15, -0.1) is 13.2 Å². The fraction of sp³-hybridized carbons (Fsp3) is 0.467. The molecule has 0 N–H and O–H groups in total. The first-order valence-corrected chi connectivity index (χ1v) is 6.66. The summed E-state index contributed by atoms with van der Waals surface area (Å²) in [7, 11) is 0. The number of benzene rings is 1. The zero-order valence-electron chi connectivity index (χ0n) is 11.2. The van der Waals surface area contributed by atoms with Gasteiger partial charge in [0.05, 0.1) is 0 Å². The summed E-state index contributed by atoms with van der Waals surface area (Å²) in [5.74, 6) is -1.73. The van der Waals surface area contributed by atoms with Crippen LogP contribution in [0.1, 0.15) is 43.7 Å². The first-order valence-electron chi connectivity index (χ1n) is 6.66. The number of halogens is 4. The average molecular weight is 288 g/mol. The van der Waals surface area contributed by atoms with Crippen LogP contribution in [-0.2, 0) is 6.42 Å². The highest BCUT2D eigenvalue weighted by Gasteiger charge is 2.32. The zero-order chi connectivity index (χ0) is 14.8. The highest BCUT2D eigenvalue weighted by molar-refractivity contribution is 5.61. The summed E-state index contributed by atoms with van der Waals surface area (Å²) in [6.45, 7) is 2.09. The smallest absolute Gasteiger partial charge is 0.403 e. The first-order chi connectivity index (χ1) is 9.39. The quantitative estimate of drug-likeness (QED) is 0.688. The highest BCUT2D eigenvalue weighted by Crippen LogP contribution is 2.33. The second-order valence-corrected chi connectivity index (χ2v) is 4.94. The summed E-state index contributed by atoms with van der Waals surface area (Å²) in [6.07, 6.45) is 1.55. The molecule has 1 aliphatic rings. The van der Waals surface area contributed by atoms with E-state index in [0.717, 1.165) is 37.8 Å². The topological polar surface area (TPSA) is 9.23 Å². The summed E-state index contributed by atoms with van der Waals surface area (Å²) in [6, 6.07) is 2.28. The number of rotatable bonds is 4. The van der Waals surface area contributed by atoms with Gasteiger partial charge in [0.15, 0.2) is 11.6 Å². The Morgan fingerprint density at radius 1 is 1.20 bits per heavy atom. The van der Waals surface area contributed by atoms with Gasteiger partial charge < -0.3 is 4.74 Å². The predicted octanol–water partition coefficient (Wildman–Crippen LogP) is 5.24. The van der Waals surface area contributed by atoms with Crippen LogP contribution in [0.15, 0.2) is 17.7 Å². The second kappa shape index (κ2) is 5.85. The third-order valence-corrected chi connectivity index (χ3v) is 3.35. The Labute approximate surface area is 115 Å². The molecule has 0 radical (unpaired) electrons. The second-order valence-electron chi connectivity index (χ2n) is 4.94. The van der Waals surface area contributed by atoms with Gasteiger partial charge in [-0.1, -0.05) is 25.0 Å². The van der Waals surface area contributed by atoms with Crippen LogP contribution in [0.3, 0.4) is 0 Å². The van der Waals surface area contributed by atoms with Crippen LogP contribution in [0, 0.1) is 5.82 Å². The number of aryl methyl sites for hydroxylation is 1. The number of unbranched alkanes of at least 4 members (excludes halogenated alkanes) is 1. The van der Waals surface area contributed by atoms with Crippen molar-refractivity contribution < 1.29 is 22.3 Å². The van der Waals surface area contributed by atoms with Crippen molar-refractivity contribution in [3.63, 3.8) is 0 Å². The number of allylic oxidation sites excluding steroid dienone is 1. The van der Waals surface area contributed by atoms with E-state index in [4.69, 9.17) is 0 Å². The maximum atomic E-state index is 13.6. The van der Waals surface area contributed by atoms with Crippen molar-refractivity contribution in [1.29, 1.82) is 0 Å². The van der Waals surface area contributed by atoms with Crippen molar-refractivity contribution in [2.75, 3.05) is 0 Å². The number of hydrogen-bond acceptors (Lipinski definition) is 1. The average Bonchev–Trinajstić information content (AvgIpc) is 2.35. The van der Waals surface area contributed by atoms with Gasteiger partial charge in [-0.3, -0.25) is 0 Å². The molecule has 0 atom stereocenters. The monoisotopic (exact) mass is 288 g/mol. The van der Waals surface area contributed by atoms with Gasteiger partial charge in [0.1, 0.15) is 0 Å². The Morgan fingerprint density at radius 3 is 2.60 bits per heavy atom. The maximum Gasteiger partial charge on any atom is 0.573 e. The van der Waals surface area contributed by atoms with Crippen molar-refractivity contribution >= 4 is 6.08 Å². The van der Waals surface area contributed by atoms with Gasteiger partial charge >= 0.3 is 6.36 Å². The zero-order valence-corrected chi connectivity index (χ0v) is 11.2. The van der Waals surface area contributed by atoms with Gasteiger partial charge in [-0.2, -0.15) is 0 Å². The Morgan fingerprint density at radius 2 is 1.95 bits per heavy atom. The molecule has 0 unspecified atom stereocenters. The van der Waals surface area contributed by atoms with Crippen molar-refractivity contribution in [3.8, 4) is 5.75 Å². The van der Waals surface area contributed by atoms with Crippen LogP contribution >= 0.6 is 0 Å². The van der Waals surface area contributed by atoms with Crippen LogP contribution in [-0.4, -0.2) is 6.36 Å². The van der Waals surface area contributed by atoms with Crippen LogP contribution in [0.4, 0.5) is 17.6 Å². The lowest BCUT2D eigenvalue weighted by atomic mass is 9.89. The largest absolute Gasteiger partial charge is 0.573 e.